The molecule has 0 saturated carbocycles. The van der Waals surface area contributed by atoms with Crippen LogP contribution in [0.25, 0.3) is 11.0 Å². The van der Waals surface area contributed by atoms with Crippen molar-refractivity contribution in [2.75, 3.05) is 11.9 Å². The highest BCUT2D eigenvalue weighted by Gasteiger charge is 2.17. The van der Waals surface area contributed by atoms with Crippen molar-refractivity contribution in [3.63, 3.8) is 0 Å². The molecule has 7 nitrogen and oxygen atoms in total. The van der Waals surface area contributed by atoms with Crippen molar-refractivity contribution in [3.05, 3.63) is 46.4 Å². The second-order valence-corrected chi connectivity index (χ2v) is 6.02. The maximum Gasteiger partial charge on any atom is 0.374 e. The summed E-state index contributed by atoms with van der Waals surface area (Å²) >= 11 is 5.90. The van der Waals surface area contributed by atoms with Crippen LogP contribution in [0.15, 0.2) is 28.7 Å². The van der Waals surface area contributed by atoms with Gasteiger partial charge in [0.05, 0.1) is 17.1 Å². The molecule has 1 aromatic carbocycles. The lowest BCUT2D eigenvalue weighted by molar-refractivity contribution is -0.119. The quantitative estimate of drug-likeness (QED) is 0.721. The zero-order valence-electron chi connectivity index (χ0n) is 13.9. The summed E-state index contributed by atoms with van der Waals surface area (Å²) in [6, 6.07) is 6.53. The maximum atomic E-state index is 12.0. The number of fused-ring (bicyclic) bond motifs is 1. The molecule has 1 amide bonds. The molecule has 3 aromatic rings. The normalized spacial score (nSPS) is 10.9. The van der Waals surface area contributed by atoms with Crippen molar-refractivity contribution in [1.29, 1.82) is 0 Å². The first-order valence-electron chi connectivity index (χ1n) is 7.51. The number of benzene rings is 1. The summed E-state index contributed by atoms with van der Waals surface area (Å²) in [5.41, 5.74) is 2.63. The van der Waals surface area contributed by atoms with E-state index in [4.69, 9.17) is 20.8 Å². The van der Waals surface area contributed by atoms with Crippen molar-refractivity contribution < 1.29 is 18.7 Å². The largest absolute Gasteiger partial charge is 0.450 e. The van der Waals surface area contributed by atoms with E-state index < -0.39 is 18.5 Å². The van der Waals surface area contributed by atoms with Crippen LogP contribution >= 0.6 is 11.6 Å². The number of furan rings is 1. The number of aromatic nitrogens is 2. The Morgan fingerprint density at radius 1 is 1.32 bits per heavy atom. The van der Waals surface area contributed by atoms with Crippen LogP contribution in [0.2, 0.25) is 5.02 Å². The average molecular weight is 362 g/mol. The summed E-state index contributed by atoms with van der Waals surface area (Å²) in [5, 5.41) is 8.12. The molecular weight excluding hydrogens is 346 g/mol. The Morgan fingerprint density at radius 2 is 2.08 bits per heavy atom. The smallest absolute Gasteiger partial charge is 0.374 e. The van der Waals surface area contributed by atoms with Crippen LogP contribution in [-0.4, -0.2) is 28.3 Å². The van der Waals surface area contributed by atoms with Gasteiger partial charge < -0.3 is 14.5 Å². The molecule has 2 aromatic heterocycles. The van der Waals surface area contributed by atoms with Crippen LogP contribution in [0.4, 0.5) is 5.69 Å². The number of carbonyl (C=O) groups excluding carboxylic acids is 2. The summed E-state index contributed by atoms with van der Waals surface area (Å²) in [4.78, 5) is 24.1. The number of hydrogen-bond acceptors (Lipinski definition) is 5. The third-order valence-corrected chi connectivity index (χ3v) is 4.02. The Labute approximate surface area is 148 Å². The van der Waals surface area contributed by atoms with Crippen LogP contribution in [0, 0.1) is 13.8 Å². The van der Waals surface area contributed by atoms with Crippen LogP contribution in [0.3, 0.4) is 0 Å². The van der Waals surface area contributed by atoms with E-state index >= 15 is 0 Å². The van der Waals surface area contributed by atoms with Crippen molar-refractivity contribution in [1.82, 2.24) is 9.78 Å². The van der Waals surface area contributed by atoms with E-state index in [1.54, 1.807) is 36.9 Å². The molecule has 0 saturated heterocycles. The van der Waals surface area contributed by atoms with E-state index in [0.717, 1.165) is 5.69 Å². The summed E-state index contributed by atoms with van der Waals surface area (Å²) in [5.74, 6) is -1.16. The first kappa shape index (κ1) is 17.0. The van der Waals surface area contributed by atoms with Gasteiger partial charge in [0.15, 0.2) is 6.61 Å². The Balaban J connectivity index is 1.63. The molecule has 0 unspecified atom stereocenters. The van der Waals surface area contributed by atoms with Crippen LogP contribution < -0.4 is 5.32 Å². The highest BCUT2D eigenvalue weighted by Crippen LogP contribution is 2.23. The Bertz CT molecular complexity index is 974. The molecule has 0 fully saturated rings. The molecule has 8 heteroatoms. The van der Waals surface area contributed by atoms with Gasteiger partial charge in [-0.3, -0.25) is 9.48 Å². The van der Waals surface area contributed by atoms with Crippen LogP contribution in [0.1, 0.15) is 21.9 Å². The van der Waals surface area contributed by atoms with Gasteiger partial charge >= 0.3 is 5.97 Å². The number of nitrogens with one attached hydrogen (secondary N) is 1. The SMILES string of the molecule is Cc1nn(C)c(C)c1NC(=O)COC(=O)c1cc2cc(Cl)ccc2o1. The second kappa shape index (κ2) is 6.60. The minimum atomic E-state index is -0.720. The van der Waals surface area contributed by atoms with Crippen LogP contribution in [-0.2, 0) is 16.6 Å². The number of amides is 1. The topological polar surface area (TPSA) is 86.4 Å². The molecule has 0 aliphatic carbocycles. The van der Waals surface area contributed by atoms with Gasteiger partial charge in [0, 0.05) is 17.5 Å². The predicted molar refractivity (Wildman–Crippen MR) is 92.8 cm³/mol. The van der Waals surface area contributed by atoms with Gasteiger partial charge in [-0.25, -0.2) is 4.79 Å². The van der Waals surface area contributed by atoms with Gasteiger partial charge in [0.1, 0.15) is 5.58 Å². The van der Waals surface area contributed by atoms with E-state index in [9.17, 15) is 9.59 Å². The van der Waals surface area contributed by atoms with E-state index in [-0.39, 0.29) is 5.76 Å². The molecule has 0 radical (unpaired) electrons. The number of hydrogen-bond donors (Lipinski definition) is 1. The van der Waals surface area contributed by atoms with E-state index in [1.807, 2.05) is 6.92 Å². The van der Waals surface area contributed by atoms with Gasteiger partial charge in [-0.1, -0.05) is 11.6 Å². The third-order valence-electron chi connectivity index (χ3n) is 3.79. The monoisotopic (exact) mass is 361 g/mol. The Morgan fingerprint density at radius 3 is 2.76 bits per heavy atom. The van der Waals surface area contributed by atoms with Gasteiger partial charge in [-0.05, 0) is 38.1 Å². The third kappa shape index (κ3) is 3.51. The number of aryl methyl sites for hydroxylation is 2. The minimum absolute atomic E-state index is 0.0128. The molecular formula is C17H16ClN3O4. The van der Waals surface area contributed by atoms with Gasteiger partial charge in [0.25, 0.3) is 5.91 Å². The summed E-state index contributed by atoms with van der Waals surface area (Å²) in [6.07, 6.45) is 0. The van der Waals surface area contributed by atoms with Gasteiger partial charge in [-0.15, -0.1) is 0 Å². The zero-order chi connectivity index (χ0) is 18.1. The fourth-order valence-electron chi connectivity index (χ4n) is 2.45. The fraction of sp³-hybridized carbons (Fsp3) is 0.235. The minimum Gasteiger partial charge on any atom is -0.450 e. The molecule has 0 bridgehead atoms. The molecule has 1 N–H and O–H groups in total. The molecule has 130 valence electrons. The van der Waals surface area contributed by atoms with Crippen molar-refractivity contribution in [2.45, 2.75) is 13.8 Å². The number of rotatable bonds is 4. The lowest BCUT2D eigenvalue weighted by Crippen LogP contribution is -2.21. The maximum absolute atomic E-state index is 12.0. The van der Waals surface area contributed by atoms with Crippen molar-refractivity contribution >= 4 is 40.1 Å². The zero-order valence-corrected chi connectivity index (χ0v) is 14.7. The number of carbonyl (C=O) groups is 2. The summed E-state index contributed by atoms with van der Waals surface area (Å²) in [7, 11) is 1.78. The van der Waals surface area contributed by atoms with E-state index in [0.29, 0.717) is 27.4 Å². The first-order chi connectivity index (χ1) is 11.8. The highest BCUT2D eigenvalue weighted by atomic mass is 35.5. The Kier molecular flexibility index (Phi) is 4.50. The van der Waals surface area contributed by atoms with E-state index in [2.05, 4.69) is 10.4 Å². The summed E-state index contributed by atoms with van der Waals surface area (Å²) < 4.78 is 12.1. The molecule has 0 atom stereocenters. The van der Waals surface area contributed by atoms with Gasteiger partial charge in [-0.2, -0.15) is 5.10 Å². The molecule has 25 heavy (non-hydrogen) atoms. The standard InChI is InChI=1S/C17H16ClN3O4/c1-9-16(10(2)21(3)20-9)19-15(22)8-24-17(23)14-7-11-6-12(18)4-5-13(11)25-14/h4-7H,8H2,1-3H3,(H,19,22). The lowest BCUT2D eigenvalue weighted by Gasteiger charge is -2.06. The van der Waals surface area contributed by atoms with Gasteiger partial charge in [0.2, 0.25) is 5.76 Å². The first-order valence-corrected chi connectivity index (χ1v) is 7.89. The van der Waals surface area contributed by atoms with Crippen molar-refractivity contribution in [2.24, 2.45) is 7.05 Å². The van der Waals surface area contributed by atoms with Crippen molar-refractivity contribution in [3.8, 4) is 0 Å². The fourth-order valence-corrected chi connectivity index (χ4v) is 2.63. The number of nitrogens with zero attached hydrogens (tertiary/aromatic N) is 2. The summed E-state index contributed by atoms with van der Waals surface area (Å²) in [6.45, 7) is 3.19. The number of anilines is 1. The molecule has 0 aliphatic heterocycles. The predicted octanol–water partition coefficient (Wildman–Crippen LogP) is 3.23. The lowest BCUT2D eigenvalue weighted by atomic mass is 10.2. The number of halogens is 1. The average Bonchev–Trinajstić information content (AvgIpc) is 3.08. The van der Waals surface area contributed by atoms with E-state index in [1.165, 1.54) is 6.07 Å². The molecule has 2 heterocycles. The number of esters is 1. The van der Waals surface area contributed by atoms with Crippen LogP contribution in [0.5, 0.6) is 0 Å². The second-order valence-electron chi connectivity index (χ2n) is 5.59. The Hall–Kier alpha value is -2.80. The number of ether oxygens (including phenoxy) is 1. The molecule has 0 spiro atoms. The molecule has 0 aliphatic rings. The molecule has 3 rings (SSSR count). The highest BCUT2D eigenvalue weighted by molar-refractivity contribution is 6.31.